The Hall–Kier alpha value is -1.36. The molecule has 2 N–H and O–H groups in total. The summed E-state index contributed by atoms with van der Waals surface area (Å²) in [6.45, 7) is 5.27. The lowest BCUT2D eigenvalue weighted by Crippen LogP contribution is -2.36. The van der Waals surface area contributed by atoms with Gasteiger partial charge in [0, 0.05) is 11.4 Å². The van der Waals surface area contributed by atoms with E-state index in [1.807, 2.05) is 13.8 Å². The molecule has 4 nitrogen and oxygen atoms in total. The van der Waals surface area contributed by atoms with E-state index < -0.39 is 11.7 Å². The van der Waals surface area contributed by atoms with Crippen molar-refractivity contribution in [1.29, 1.82) is 0 Å². The minimum Gasteiger partial charge on any atom is -0.357 e. The van der Waals surface area contributed by atoms with E-state index in [0.29, 0.717) is 24.6 Å². The van der Waals surface area contributed by atoms with Crippen molar-refractivity contribution in [3.05, 3.63) is 51.5 Å². The van der Waals surface area contributed by atoms with Crippen LogP contribution >= 0.6 is 35.3 Å². The Kier molecular flexibility index (Phi) is 8.63. The van der Waals surface area contributed by atoms with Crippen LogP contribution in [-0.4, -0.2) is 17.5 Å². The molecule has 0 saturated heterocycles. The maximum atomic E-state index is 12.7. The highest BCUT2D eigenvalue weighted by Crippen LogP contribution is 2.29. The number of halogens is 4. The number of hydrogen-bond acceptors (Lipinski definition) is 3. The fraction of sp³-hybridized carbons (Fsp3) is 0.375. The van der Waals surface area contributed by atoms with Gasteiger partial charge in [-0.3, -0.25) is 0 Å². The molecule has 0 fully saturated rings. The summed E-state index contributed by atoms with van der Waals surface area (Å²) >= 11 is 1.55. The molecule has 138 valence electrons. The minimum atomic E-state index is -4.34. The number of benzene rings is 1. The number of aliphatic imine (C=N–C) groups is 1. The van der Waals surface area contributed by atoms with Gasteiger partial charge >= 0.3 is 6.18 Å². The number of guanidine groups is 1. The maximum Gasteiger partial charge on any atom is 0.416 e. The van der Waals surface area contributed by atoms with Gasteiger partial charge in [0.05, 0.1) is 29.9 Å². The molecule has 1 aromatic carbocycles. The highest BCUT2D eigenvalue weighted by Gasteiger charge is 2.30. The van der Waals surface area contributed by atoms with E-state index in [-0.39, 0.29) is 30.5 Å². The topological polar surface area (TPSA) is 49.3 Å². The van der Waals surface area contributed by atoms with Gasteiger partial charge in [0.2, 0.25) is 0 Å². The molecule has 0 aliphatic rings. The summed E-state index contributed by atoms with van der Waals surface area (Å²) < 4.78 is 38.2. The third kappa shape index (κ3) is 6.81. The summed E-state index contributed by atoms with van der Waals surface area (Å²) in [7, 11) is 0. The average molecular weight is 484 g/mol. The second-order valence-corrected chi connectivity index (χ2v) is 6.05. The molecule has 0 bridgehead atoms. The van der Waals surface area contributed by atoms with Crippen LogP contribution in [0.2, 0.25) is 0 Å². The van der Waals surface area contributed by atoms with E-state index >= 15 is 0 Å². The molecular weight excluding hydrogens is 464 g/mol. The van der Waals surface area contributed by atoms with E-state index in [1.54, 1.807) is 22.9 Å². The standard InChI is InChI=1S/C16H19F3N4S.HI/c1-3-20-15(22-9-14-11(2)23-10-24-14)21-8-12-5-4-6-13(7-12)16(17,18)19;/h4-7,10H,3,8-9H2,1-2H3,(H2,20,21,22);1H. The van der Waals surface area contributed by atoms with Crippen molar-refractivity contribution in [2.24, 2.45) is 4.99 Å². The van der Waals surface area contributed by atoms with Crippen molar-refractivity contribution in [2.45, 2.75) is 33.1 Å². The number of rotatable bonds is 5. The van der Waals surface area contributed by atoms with E-state index in [9.17, 15) is 13.2 Å². The molecule has 0 unspecified atom stereocenters. The molecule has 0 amide bonds. The summed E-state index contributed by atoms with van der Waals surface area (Å²) in [6.07, 6.45) is -4.34. The molecule has 0 aliphatic carbocycles. The van der Waals surface area contributed by atoms with Crippen molar-refractivity contribution < 1.29 is 13.2 Å². The van der Waals surface area contributed by atoms with Gasteiger partial charge < -0.3 is 10.6 Å². The van der Waals surface area contributed by atoms with Crippen molar-refractivity contribution >= 4 is 41.3 Å². The molecule has 9 heteroatoms. The van der Waals surface area contributed by atoms with Crippen LogP contribution in [0, 0.1) is 6.92 Å². The zero-order valence-corrected chi connectivity index (χ0v) is 17.0. The quantitative estimate of drug-likeness (QED) is 0.377. The van der Waals surface area contributed by atoms with E-state index in [0.717, 1.165) is 22.7 Å². The predicted molar refractivity (Wildman–Crippen MR) is 105 cm³/mol. The van der Waals surface area contributed by atoms with Gasteiger partial charge in [0.25, 0.3) is 0 Å². The summed E-state index contributed by atoms with van der Waals surface area (Å²) in [4.78, 5) is 9.62. The Bertz CT molecular complexity index is 701. The van der Waals surface area contributed by atoms with Crippen LogP contribution < -0.4 is 10.6 Å². The molecule has 2 aromatic rings. The van der Waals surface area contributed by atoms with Crippen LogP contribution in [0.4, 0.5) is 13.2 Å². The Morgan fingerprint density at radius 3 is 2.64 bits per heavy atom. The normalized spacial score (nSPS) is 11.8. The first-order valence-electron chi connectivity index (χ1n) is 7.47. The second kappa shape index (κ2) is 9.95. The second-order valence-electron chi connectivity index (χ2n) is 5.11. The number of thiazole rings is 1. The lowest BCUT2D eigenvalue weighted by Gasteiger charge is -2.11. The van der Waals surface area contributed by atoms with Gasteiger partial charge in [-0.05, 0) is 31.5 Å². The number of nitrogens with zero attached hydrogens (tertiary/aromatic N) is 2. The zero-order chi connectivity index (χ0) is 17.6. The largest absolute Gasteiger partial charge is 0.416 e. The van der Waals surface area contributed by atoms with Crippen molar-refractivity contribution in [1.82, 2.24) is 15.6 Å². The number of hydrogen-bond donors (Lipinski definition) is 2. The van der Waals surface area contributed by atoms with Gasteiger partial charge in [-0.25, -0.2) is 9.98 Å². The molecule has 0 spiro atoms. The fourth-order valence-corrected chi connectivity index (χ4v) is 2.73. The van der Waals surface area contributed by atoms with Gasteiger partial charge in [-0.15, -0.1) is 35.3 Å². The molecule has 0 radical (unpaired) electrons. The highest BCUT2D eigenvalue weighted by atomic mass is 127. The number of alkyl halides is 3. The van der Waals surface area contributed by atoms with Gasteiger partial charge in [0.1, 0.15) is 0 Å². The zero-order valence-electron chi connectivity index (χ0n) is 13.9. The number of aromatic nitrogens is 1. The van der Waals surface area contributed by atoms with Crippen LogP contribution in [0.3, 0.4) is 0 Å². The Labute approximate surface area is 166 Å². The number of nitrogens with one attached hydrogen (secondary N) is 2. The summed E-state index contributed by atoms with van der Waals surface area (Å²) in [6, 6.07) is 5.22. The summed E-state index contributed by atoms with van der Waals surface area (Å²) in [5, 5.41) is 6.25. The van der Waals surface area contributed by atoms with Crippen molar-refractivity contribution in [3.63, 3.8) is 0 Å². The molecule has 0 atom stereocenters. The van der Waals surface area contributed by atoms with Crippen molar-refractivity contribution in [2.75, 3.05) is 6.54 Å². The molecule has 0 saturated carbocycles. The van der Waals surface area contributed by atoms with Gasteiger partial charge in [-0.2, -0.15) is 13.2 Å². The number of aryl methyl sites for hydroxylation is 1. The predicted octanol–water partition coefficient (Wildman–Crippen LogP) is 4.34. The maximum absolute atomic E-state index is 12.7. The third-order valence-electron chi connectivity index (χ3n) is 3.28. The molecule has 25 heavy (non-hydrogen) atoms. The summed E-state index contributed by atoms with van der Waals surface area (Å²) in [5.41, 5.74) is 2.59. The smallest absolute Gasteiger partial charge is 0.357 e. The minimum absolute atomic E-state index is 0. The Balaban J connectivity index is 0.00000312. The monoisotopic (exact) mass is 484 g/mol. The lowest BCUT2D eigenvalue weighted by molar-refractivity contribution is -0.137. The third-order valence-corrected chi connectivity index (χ3v) is 4.21. The Morgan fingerprint density at radius 1 is 1.28 bits per heavy atom. The van der Waals surface area contributed by atoms with Gasteiger partial charge in [0.15, 0.2) is 5.96 Å². The highest BCUT2D eigenvalue weighted by molar-refractivity contribution is 14.0. The van der Waals surface area contributed by atoms with E-state index in [2.05, 4.69) is 20.6 Å². The fourth-order valence-electron chi connectivity index (χ4n) is 2.02. The average Bonchev–Trinajstić information content (AvgIpc) is 2.95. The molecule has 1 aromatic heterocycles. The van der Waals surface area contributed by atoms with Crippen LogP contribution in [-0.2, 0) is 19.3 Å². The van der Waals surface area contributed by atoms with E-state index in [4.69, 9.17) is 0 Å². The van der Waals surface area contributed by atoms with Crippen molar-refractivity contribution in [3.8, 4) is 0 Å². The lowest BCUT2D eigenvalue weighted by atomic mass is 10.1. The molecule has 0 aliphatic heterocycles. The molecule has 2 rings (SSSR count). The first kappa shape index (κ1) is 21.7. The van der Waals surface area contributed by atoms with E-state index in [1.165, 1.54) is 6.07 Å². The van der Waals surface area contributed by atoms with Crippen LogP contribution in [0.5, 0.6) is 0 Å². The molecule has 1 heterocycles. The van der Waals surface area contributed by atoms with Crippen LogP contribution in [0.15, 0.2) is 34.8 Å². The van der Waals surface area contributed by atoms with Gasteiger partial charge in [-0.1, -0.05) is 12.1 Å². The first-order valence-corrected chi connectivity index (χ1v) is 8.35. The SMILES string of the molecule is CCNC(=NCc1cccc(C(F)(F)F)c1)NCc1scnc1C.I. The Morgan fingerprint density at radius 2 is 2.04 bits per heavy atom. The van der Waals surface area contributed by atoms with Crippen LogP contribution in [0.25, 0.3) is 0 Å². The van der Waals surface area contributed by atoms with Crippen LogP contribution in [0.1, 0.15) is 28.6 Å². The first-order chi connectivity index (χ1) is 11.4. The summed E-state index contributed by atoms with van der Waals surface area (Å²) in [5.74, 6) is 0.558. The molecular formula is C16H20F3IN4S.